The molecule has 1 amide bonds. The normalized spacial score (nSPS) is 17.5. The standard InChI is InChI=1S/C20H20FN5O2/c1-26-16(10-15(24-26)11-5-6-11)19(27)22-17(12-7-8-12)20-23-18(25-28-20)13-3-2-4-14(21)9-13/h2-4,9-12,17H,5-8H2,1H3,(H,22,27)/t17-/m1/s1. The molecule has 7 nitrogen and oxygen atoms in total. The number of aromatic nitrogens is 4. The van der Waals surface area contributed by atoms with E-state index in [2.05, 4.69) is 20.6 Å². The van der Waals surface area contributed by atoms with E-state index in [-0.39, 0.29) is 23.7 Å². The first kappa shape index (κ1) is 17.1. The first-order valence-corrected chi connectivity index (χ1v) is 9.53. The van der Waals surface area contributed by atoms with E-state index in [1.165, 1.54) is 12.1 Å². The van der Waals surface area contributed by atoms with Crippen molar-refractivity contribution in [3.63, 3.8) is 0 Å². The molecule has 0 unspecified atom stereocenters. The Morgan fingerprint density at radius 1 is 1.29 bits per heavy atom. The molecule has 2 aliphatic rings. The zero-order valence-electron chi connectivity index (χ0n) is 15.4. The molecule has 1 N–H and O–H groups in total. The molecule has 3 aromatic rings. The van der Waals surface area contributed by atoms with Gasteiger partial charge in [-0.1, -0.05) is 17.3 Å². The molecular formula is C20H20FN5O2. The Morgan fingerprint density at radius 3 is 2.82 bits per heavy atom. The Labute approximate surface area is 160 Å². The number of carbonyl (C=O) groups is 1. The third-order valence-electron chi connectivity index (χ3n) is 5.30. The van der Waals surface area contributed by atoms with Crippen LogP contribution in [0.25, 0.3) is 11.4 Å². The number of aryl methyl sites for hydroxylation is 1. The number of hydrogen-bond acceptors (Lipinski definition) is 5. The number of hydrogen-bond donors (Lipinski definition) is 1. The largest absolute Gasteiger partial charge is 0.339 e. The molecule has 1 aromatic carbocycles. The maximum absolute atomic E-state index is 13.5. The minimum Gasteiger partial charge on any atom is -0.339 e. The maximum Gasteiger partial charge on any atom is 0.270 e. The van der Waals surface area contributed by atoms with Gasteiger partial charge in [-0.05, 0) is 49.8 Å². The quantitative estimate of drug-likeness (QED) is 0.708. The van der Waals surface area contributed by atoms with Crippen molar-refractivity contribution in [1.29, 1.82) is 0 Å². The van der Waals surface area contributed by atoms with Gasteiger partial charge in [0.15, 0.2) is 0 Å². The van der Waals surface area contributed by atoms with Crippen molar-refractivity contribution in [2.24, 2.45) is 13.0 Å². The number of nitrogens with zero attached hydrogens (tertiary/aromatic N) is 4. The zero-order valence-corrected chi connectivity index (χ0v) is 15.4. The Morgan fingerprint density at radius 2 is 2.11 bits per heavy atom. The van der Waals surface area contributed by atoms with Gasteiger partial charge in [-0.15, -0.1) is 0 Å². The van der Waals surface area contributed by atoms with Crippen molar-refractivity contribution in [3.05, 3.63) is 53.4 Å². The van der Waals surface area contributed by atoms with E-state index in [1.807, 2.05) is 6.07 Å². The van der Waals surface area contributed by atoms with Crippen molar-refractivity contribution < 1.29 is 13.7 Å². The molecule has 2 saturated carbocycles. The van der Waals surface area contributed by atoms with Crippen molar-refractivity contribution in [2.75, 3.05) is 0 Å². The molecule has 0 saturated heterocycles. The van der Waals surface area contributed by atoms with Gasteiger partial charge in [-0.3, -0.25) is 9.48 Å². The van der Waals surface area contributed by atoms with Gasteiger partial charge in [-0.2, -0.15) is 10.1 Å². The molecule has 144 valence electrons. The van der Waals surface area contributed by atoms with Crippen LogP contribution in [-0.4, -0.2) is 25.8 Å². The van der Waals surface area contributed by atoms with Crippen LogP contribution >= 0.6 is 0 Å². The van der Waals surface area contributed by atoms with Crippen LogP contribution in [0.4, 0.5) is 4.39 Å². The molecule has 0 spiro atoms. The fourth-order valence-electron chi connectivity index (χ4n) is 3.41. The molecule has 0 radical (unpaired) electrons. The van der Waals surface area contributed by atoms with E-state index >= 15 is 0 Å². The summed E-state index contributed by atoms with van der Waals surface area (Å²) in [6.45, 7) is 0. The van der Waals surface area contributed by atoms with Gasteiger partial charge in [0.05, 0.1) is 5.69 Å². The molecule has 5 rings (SSSR count). The summed E-state index contributed by atoms with van der Waals surface area (Å²) in [5, 5.41) is 11.5. The SMILES string of the molecule is Cn1nc(C2CC2)cc1C(=O)N[C@@H](c1nc(-c2cccc(F)c2)no1)C1CC1. The molecular weight excluding hydrogens is 361 g/mol. The average molecular weight is 381 g/mol. The average Bonchev–Trinajstić information content (AvgIpc) is 3.60. The van der Waals surface area contributed by atoms with Crippen molar-refractivity contribution >= 4 is 5.91 Å². The third kappa shape index (κ3) is 3.30. The third-order valence-corrected chi connectivity index (χ3v) is 5.30. The lowest BCUT2D eigenvalue weighted by Gasteiger charge is -2.14. The number of amides is 1. The Balaban J connectivity index is 1.37. The van der Waals surface area contributed by atoms with Crippen LogP contribution in [0.1, 0.15) is 59.7 Å². The molecule has 0 aliphatic heterocycles. The predicted molar refractivity (Wildman–Crippen MR) is 97.8 cm³/mol. The van der Waals surface area contributed by atoms with Gasteiger partial charge in [0.1, 0.15) is 17.6 Å². The second-order valence-electron chi connectivity index (χ2n) is 7.61. The minimum atomic E-state index is -0.362. The summed E-state index contributed by atoms with van der Waals surface area (Å²) in [7, 11) is 1.78. The van der Waals surface area contributed by atoms with Crippen LogP contribution in [-0.2, 0) is 7.05 Å². The van der Waals surface area contributed by atoms with E-state index in [4.69, 9.17) is 4.52 Å². The summed E-state index contributed by atoms with van der Waals surface area (Å²) < 4.78 is 20.5. The zero-order chi connectivity index (χ0) is 19.3. The number of rotatable bonds is 6. The lowest BCUT2D eigenvalue weighted by Crippen LogP contribution is -2.31. The van der Waals surface area contributed by atoms with Gasteiger partial charge in [0, 0.05) is 18.5 Å². The number of carbonyl (C=O) groups excluding carboxylic acids is 1. The summed E-state index contributed by atoms with van der Waals surface area (Å²) in [5.41, 5.74) is 2.04. The van der Waals surface area contributed by atoms with Crippen LogP contribution in [0.2, 0.25) is 0 Å². The number of benzene rings is 1. The number of nitrogens with one attached hydrogen (secondary N) is 1. The van der Waals surface area contributed by atoms with E-state index in [1.54, 1.807) is 23.9 Å². The van der Waals surface area contributed by atoms with Crippen molar-refractivity contribution in [3.8, 4) is 11.4 Å². The summed E-state index contributed by atoms with van der Waals surface area (Å²) in [5.74, 6) is 0.839. The van der Waals surface area contributed by atoms with Crippen LogP contribution in [0.15, 0.2) is 34.9 Å². The fourth-order valence-corrected chi connectivity index (χ4v) is 3.41. The second-order valence-corrected chi connectivity index (χ2v) is 7.61. The molecule has 8 heteroatoms. The lowest BCUT2D eigenvalue weighted by molar-refractivity contribution is 0.0912. The summed E-state index contributed by atoms with van der Waals surface area (Å²) in [4.78, 5) is 17.3. The minimum absolute atomic E-state index is 0.204. The van der Waals surface area contributed by atoms with E-state index in [9.17, 15) is 9.18 Å². The van der Waals surface area contributed by atoms with Gasteiger partial charge in [0.2, 0.25) is 11.7 Å². The molecule has 2 aromatic heterocycles. The maximum atomic E-state index is 13.5. The second kappa shape index (κ2) is 6.54. The first-order chi connectivity index (χ1) is 13.6. The molecule has 2 aliphatic carbocycles. The predicted octanol–water partition coefficient (Wildman–Crippen LogP) is 3.37. The summed E-state index contributed by atoms with van der Waals surface area (Å²) in [6, 6.07) is 7.54. The molecule has 0 bridgehead atoms. The highest BCUT2D eigenvalue weighted by Crippen LogP contribution is 2.41. The van der Waals surface area contributed by atoms with Crippen LogP contribution in [0, 0.1) is 11.7 Å². The topological polar surface area (TPSA) is 85.8 Å². The van der Waals surface area contributed by atoms with Crippen LogP contribution < -0.4 is 5.32 Å². The van der Waals surface area contributed by atoms with Crippen LogP contribution in [0.5, 0.6) is 0 Å². The monoisotopic (exact) mass is 381 g/mol. The highest BCUT2D eigenvalue weighted by Gasteiger charge is 2.38. The smallest absolute Gasteiger partial charge is 0.270 e. The van der Waals surface area contributed by atoms with Crippen molar-refractivity contribution in [2.45, 2.75) is 37.6 Å². The Hall–Kier alpha value is -3.03. The summed E-state index contributed by atoms with van der Waals surface area (Å²) >= 11 is 0. The Kier molecular flexibility index (Phi) is 3.99. The van der Waals surface area contributed by atoms with Gasteiger partial charge in [-0.25, -0.2) is 4.39 Å². The number of halogens is 1. The summed E-state index contributed by atoms with van der Waals surface area (Å²) in [6.07, 6.45) is 4.24. The molecule has 28 heavy (non-hydrogen) atoms. The highest BCUT2D eigenvalue weighted by atomic mass is 19.1. The van der Waals surface area contributed by atoms with E-state index < -0.39 is 0 Å². The fraction of sp³-hybridized carbons (Fsp3) is 0.400. The van der Waals surface area contributed by atoms with E-state index in [0.717, 1.165) is 31.4 Å². The molecule has 1 atom stereocenters. The highest BCUT2D eigenvalue weighted by molar-refractivity contribution is 5.93. The molecule has 2 fully saturated rings. The van der Waals surface area contributed by atoms with Crippen LogP contribution in [0.3, 0.4) is 0 Å². The van der Waals surface area contributed by atoms with E-state index in [0.29, 0.717) is 28.9 Å². The van der Waals surface area contributed by atoms with Gasteiger partial charge < -0.3 is 9.84 Å². The van der Waals surface area contributed by atoms with Gasteiger partial charge in [0.25, 0.3) is 5.91 Å². The molecule has 2 heterocycles. The first-order valence-electron chi connectivity index (χ1n) is 9.53. The Bertz CT molecular complexity index is 1030. The lowest BCUT2D eigenvalue weighted by atomic mass is 10.1. The van der Waals surface area contributed by atoms with Gasteiger partial charge >= 0.3 is 0 Å². The van der Waals surface area contributed by atoms with Crippen molar-refractivity contribution in [1.82, 2.24) is 25.2 Å².